The normalized spacial score (nSPS) is 13.3. The van der Waals surface area contributed by atoms with Crippen molar-refractivity contribution in [2.75, 3.05) is 0 Å². The van der Waals surface area contributed by atoms with Crippen molar-refractivity contribution in [1.29, 1.82) is 0 Å². The first-order valence-electron chi connectivity index (χ1n) is 15.2. The van der Waals surface area contributed by atoms with E-state index in [-0.39, 0.29) is 0 Å². The van der Waals surface area contributed by atoms with Crippen molar-refractivity contribution in [2.24, 2.45) is 0 Å². The topological polar surface area (TPSA) is 25.8 Å². The molecule has 2 aliphatic rings. The zero-order valence-electron chi connectivity index (χ0n) is 24.3. The van der Waals surface area contributed by atoms with Crippen LogP contribution < -0.4 is 0 Å². The highest BCUT2D eigenvalue weighted by Gasteiger charge is 2.51. The molecular formula is C42H28N2. The molecule has 0 bridgehead atoms. The Morgan fingerprint density at radius 3 is 1.27 bits per heavy atom. The van der Waals surface area contributed by atoms with Crippen LogP contribution in [0.5, 0.6) is 0 Å². The van der Waals surface area contributed by atoms with Gasteiger partial charge in [-0.25, -0.2) is 9.97 Å². The molecule has 206 valence electrons. The lowest BCUT2D eigenvalue weighted by Gasteiger charge is -2.30. The molecule has 9 rings (SSSR count). The van der Waals surface area contributed by atoms with Gasteiger partial charge in [0.25, 0.3) is 0 Å². The lowest BCUT2D eigenvalue weighted by Crippen LogP contribution is -2.25. The molecule has 0 radical (unpaired) electrons. The SMILES string of the molecule is Cc1c(-c2ccccc2)nc(-c2ccc3c(c2)C2(c4ccccc4-c4ccccc42)c2ccccc2-3)nc1-c1ccccc1. The first-order valence-corrected chi connectivity index (χ1v) is 15.2. The van der Waals surface area contributed by atoms with Crippen molar-refractivity contribution >= 4 is 0 Å². The summed E-state index contributed by atoms with van der Waals surface area (Å²) in [5.74, 6) is 0.738. The second kappa shape index (κ2) is 9.45. The Morgan fingerprint density at radius 2 is 0.795 bits per heavy atom. The van der Waals surface area contributed by atoms with E-state index in [2.05, 4.69) is 146 Å². The van der Waals surface area contributed by atoms with Gasteiger partial charge in [-0.15, -0.1) is 0 Å². The number of hydrogen-bond acceptors (Lipinski definition) is 2. The molecule has 2 aliphatic carbocycles. The molecule has 1 spiro atoms. The Kier molecular flexibility index (Phi) is 5.36. The van der Waals surface area contributed by atoms with E-state index in [1.807, 2.05) is 12.1 Å². The van der Waals surface area contributed by atoms with Gasteiger partial charge in [-0.1, -0.05) is 146 Å². The van der Waals surface area contributed by atoms with Crippen molar-refractivity contribution in [3.05, 3.63) is 179 Å². The molecule has 6 aromatic carbocycles. The van der Waals surface area contributed by atoms with Crippen molar-refractivity contribution < 1.29 is 0 Å². The largest absolute Gasteiger partial charge is 0.228 e. The van der Waals surface area contributed by atoms with Gasteiger partial charge in [0.2, 0.25) is 0 Å². The number of nitrogens with zero attached hydrogens (tertiary/aromatic N) is 2. The summed E-state index contributed by atoms with van der Waals surface area (Å²) >= 11 is 0. The van der Waals surface area contributed by atoms with E-state index in [4.69, 9.17) is 9.97 Å². The third-order valence-electron chi connectivity index (χ3n) is 9.50. The van der Waals surface area contributed by atoms with Gasteiger partial charge in [-0.2, -0.15) is 0 Å². The summed E-state index contributed by atoms with van der Waals surface area (Å²) in [6, 6.07) is 54.6. The van der Waals surface area contributed by atoms with Crippen molar-refractivity contribution in [3.63, 3.8) is 0 Å². The summed E-state index contributed by atoms with van der Waals surface area (Å²) in [6.07, 6.45) is 0. The molecular weight excluding hydrogens is 532 g/mol. The monoisotopic (exact) mass is 560 g/mol. The Hall–Kier alpha value is -5.60. The molecule has 7 aromatic rings. The lowest BCUT2D eigenvalue weighted by atomic mass is 9.70. The standard InChI is InChI=1S/C42H28N2/c1-27-39(28-14-4-2-5-15-28)43-41(44-40(27)29-16-6-3-7-17-29)30-24-25-34-33-20-10-13-23-37(33)42(38(34)26-30)35-21-11-8-18-31(35)32-19-9-12-22-36(32)42/h2-26H,1H3. The molecule has 1 aromatic heterocycles. The molecule has 0 amide bonds. The second-order valence-electron chi connectivity index (χ2n) is 11.7. The maximum Gasteiger partial charge on any atom is 0.160 e. The van der Waals surface area contributed by atoms with Crippen LogP contribution >= 0.6 is 0 Å². The van der Waals surface area contributed by atoms with E-state index >= 15 is 0 Å². The van der Waals surface area contributed by atoms with Gasteiger partial charge in [-0.3, -0.25) is 0 Å². The molecule has 0 atom stereocenters. The quantitative estimate of drug-likeness (QED) is 0.215. The van der Waals surface area contributed by atoms with Crippen LogP contribution in [0.15, 0.2) is 152 Å². The van der Waals surface area contributed by atoms with Crippen LogP contribution in [-0.4, -0.2) is 9.97 Å². The minimum absolute atomic E-state index is 0.398. The van der Waals surface area contributed by atoms with Gasteiger partial charge < -0.3 is 0 Å². The summed E-state index contributed by atoms with van der Waals surface area (Å²) in [5.41, 5.74) is 16.3. The van der Waals surface area contributed by atoms with E-state index in [0.717, 1.165) is 39.5 Å². The third kappa shape index (κ3) is 3.37. The van der Waals surface area contributed by atoms with E-state index in [1.54, 1.807) is 0 Å². The van der Waals surface area contributed by atoms with Crippen LogP contribution in [0.4, 0.5) is 0 Å². The number of rotatable bonds is 3. The van der Waals surface area contributed by atoms with Gasteiger partial charge in [0.15, 0.2) is 5.82 Å². The number of aromatic nitrogens is 2. The Morgan fingerprint density at radius 1 is 0.386 bits per heavy atom. The molecule has 0 unspecified atom stereocenters. The number of benzene rings is 6. The van der Waals surface area contributed by atoms with Crippen molar-refractivity contribution in [2.45, 2.75) is 12.3 Å². The van der Waals surface area contributed by atoms with E-state index in [0.29, 0.717) is 0 Å². The fourth-order valence-electron chi connectivity index (χ4n) is 7.63. The van der Waals surface area contributed by atoms with Crippen LogP contribution in [-0.2, 0) is 5.41 Å². The zero-order chi connectivity index (χ0) is 29.3. The van der Waals surface area contributed by atoms with E-state index < -0.39 is 5.41 Å². The summed E-state index contributed by atoms with van der Waals surface area (Å²) in [7, 11) is 0. The summed E-state index contributed by atoms with van der Waals surface area (Å²) < 4.78 is 0. The smallest absolute Gasteiger partial charge is 0.160 e. The predicted molar refractivity (Wildman–Crippen MR) is 179 cm³/mol. The molecule has 0 saturated carbocycles. The third-order valence-corrected chi connectivity index (χ3v) is 9.50. The average Bonchev–Trinajstić information content (AvgIpc) is 3.56. The molecule has 1 heterocycles. The Balaban J connectivity index is 1.34. The van der Waals surface area contributed by atoms with Crippen LogP contribution in [0.1, 0.15) is 27.8 Å². The zero-order valence-corrected chi connectivity index (χ0v) is 24.3. The maximum atomic E-state index is 5.27. The van der Waals surface area contributed by atoms with Crippen molar-refractivity contribution in [1.82, 2.24) is 9.97 Å². The minimum Gasteiger partial charge on any atom is -0.228 e. The molecule has 0 N–H and O–H groups in total. The highest BCUT2D eigenvalue weighted by Crippen LogP contribution is 2.62. The Bertz CT molecular complexity index is 2110. The Labute approximate surface area is 257 Å². The van der Waals surface area contributed by atoms with Gasteiger partial charge in [0, 0.05) is 22.3 Å². The molecule has 0 fully saturated rings. The van der Waals surface area contributed by atoms with Crippen LogP contribution in [0, 0.1) is 6.92 Å². The maximum absolute atomic E-state index is 5.27. The van der Waals surface area contributed by atoms with Gasteiger partial charge in [0.1, 0.15) is 0 Å². The van der Waals surface area contributed by atoms with Crippen LogP contribution in [0.2, 0.25) is 0 Å². The van der Waals surface area contributed by atoms with E-state index in [1.165, 1.54) is 44.5 Å². The summed E-state index contributed by atoms with van der Waals surface area (Å²) in [6.45, 7) is 2.13. The highest BCUT2D eigenvalue weighted by atomic mass is 14.9. The summed E-state index contributed by atoms with van der Waals surface area (Å²) in [4.78, 5) is 10.5. The lowest BCUT2D eigenvalue weighted by molar-refractivity contribution is 0.794. The van der Waals surface area contributed by atoms with Crippen molar-refractivity contribution in [3.8, 4) is 56.2 Å². The molecule has 0 aliphatic heterocycles. The van der Waals surface area contributed by atoms with Gasteiger partial charge in [-0.05, 0) is 57.5 Å². The molecule has 44 heavy (non-hydrogen) atoms. The first-order chi connectivity index (χ1) is 21.7. The fourth-order valence-corrected chi connectivity index (χ4v) is 7.63. The number of fused-ring (bicyclic) bond motifs is 10. The first kappa shape index (κ1) is 24.9. The minimum atomic E-state index is -0.398. The molecule has 0 saturated heterocycles. The average molecular weight is 561 g/mol. The van der Waals surface area contributed by atoms with E-state index in [9.17, 15) is 0 Å². The second-order valence-corrected chi connectivity index (χ2v) is 11.7. The van der Waals surface area contributed by atoms with Crippen LogP contribution in [0.3, 0.4) is 0 Å². The predicted octanol–water partition coefficient (Wildman–Crippen LogP) is 10.1. The van der Waals surface area contributed by atoms with Gasteiger partial charge >= 0.3 is 0 Å². The highest BCUT2D eigenvalue weighted by molar-refractivity contribution is 5.95. The fraction of sp³-hybridized carbons (Fsp3) is 0.0476. The summed E-state index contributed by atoms with van der Waals surface area (Å²) in [5, 5.41) is 0. The van der Waals surface area contributed by atoms with Crippen LogP contribution in [0.25, 0.3) is 56.2 Å². The molecule has 2 nitrogen and oxygen atoms in total. The number of hydrogen-bond donors (Lipinski definition) is 0. The van der Waals surface area contributed by atoms with Gasteiger partial charge in [0.05, 0.1) is 16.8 Å². The molecule has 2 heteroatoms.